The molecule has 2 N–H and O–H groups in total. The summed E-state index contributed by atoms with van der Waals surface area (Å²) >= 11 is 0. The van der Waals surface area contributed by atoms with Crippen molar-refractivity contribution in [2.75, 3.05) is 23.7 Å². The van der Waals surface area contributed by atoms with Crippen molar-refractivity contribution in [3.63, 3.8) is 0 Å². The maximum atomic E-state index is 12.9. The standard InChI is InChI=1S/C23H26F3N3O2/c1-2-16-15-29(22(31)28-20-10-6-7-18(14-20)23(24,25)26)12-11-17(16)13-21(30)27-19-8-4-3-5-9-19/h3-10,14,16-17H,2,11-13,15H2,1H3,(H,27,30)(H,28,31)/t16-,17+/m1/s1. The molecule has 1 aliphatic rings. The van der Waals surface area contributed by atoms with Crippen molar-refractivity contribution in [3.8, 4) is 0 Å². The molecule has 1 heterocycles. The van der Waals surface area contributed by atoms with Crippen LogP contribution in [0.15, 0.2) is 54.6 Å². The number of para-hydroxylation sites is 1. The molecule has 3 amide bonds. The Morgan fingerprint density at radius 2 is 1.71 bits per heavy atom. The summed E-state index contributed by atoms with van der Waals surface area (Å²) in [5.41, 5.74) is 0.0514. The topological polar surface area (TPSA) is 61.4 Å². The van der Waals surface area contributed by atoms with E-state index in [4.69, 9.17) is 0 Å². The van der Waals surface area contributed by atoms with Gasteiger partial charge >= 0.3 is 12.2 Å². The number of alkyl halides is 3. The minimum absolute atomic E-state index is 0.0588. The van der Waals surface area contributed by atoms with Gasteiger partial charge in [0.25, 0.3) is 0 Å². The average Bonchev–Trinajstić information content (AvgIpc) is 2.74. The highest BCUT2D eigenvalue weighted by Crippen LogP contribution is 2.32. The zero-order valence-corrected chi connectivity index (χ0v) is 17.3. The number of likely N-dealkylation sites (tertiary alicyclic amines) is 1. The number of halogens is 3. The fraction of sp³-hybridized carbons (Fsp3) is 0.391. The number of hydrogen-bond donors (Lipinski definition) is 2. The van der Waals surface area contributed by atoms with Crippen LogP contribution < -0.4 is 10.6 Å². The Kier molecular flexibility index (Phi) is 7.20. The molecule has 0 aromatic heterocycles. The number of nitrogens with one attached hydrogen (secondary N) is 2. The lowest BCUT2D eigenvalue weighted by molar-refractivity contribution is -0.137. The highest BCUT2D eigenvalue weighted by Gasteiger charge is 2.33. The number of anilines is 2. The second kappa shape index (κ2) is 9.85. The van der Waals surface area contributed by atoms with Crippen molar-refractivity contribution in [2.45, 2.75) is 32.4 Å². The van der Waals surface area contributed by atoms with Gasteiger partial charge in [0.2, 0.25) is 5.91 Å². The van der Waals surface area contributed by atoms with Crippen LogP contribution >= 0.6 is 0 Å². The lowest BCUT2D eigenvalue weighted by Gasteiger charge is -2.38. The van der Waals surface area contributed by atoms with Gasteiger partial charge in [-0.05, 0) is 48.6 Å². The van der Waals surface area contributed by atoms with E-state index in [0.717, 1.165) is 24.2 Å². The number of nitrogens with zero attached hydrogens (tertiary/aromatic N) is 1. The minimum Gasteiger partial charge on any atom is -0.326 e. The van der Waals surface area contributed by atoms with Gasteiger partial charge in [0, 0.05) is 30.9 Å². The third kappa shape index (κ3) is 6.23. The molecule has 166 valence electrons. The average molecular weight is 433 g/mol. The highest BCUT2D eigenvalue weighted by molar-refractivity contribution is 5.91. The van der Waals surface area contributed by atoms with E-state index in [9.17, 15) is 22.8 Å². The highest BCUT2D eigenvalue weighted by atomic mass is 19.4. The zero-order valence-electron chi connectivity index (χ0n) is 17.3. The second-order valence-corrected chi connectivity index (χ2v) is 7.79. The maximum Gasteiger partial charge on any atom is 0.416 e. The first kappa shape index (κ1) is 22.7. The van der Waals surface area contributed by atoms with E-state index < -0.39 is 17.8 Å². The van der Waals surface area contributed by atoms with Gasteiger partial charge in [-0.1, -0.05) is 37.6 Å². The number of urea groups is 1. The summed E-state index contributed by atoms with van der Waals surface area (Å²) in [5, 5.41) is 5.46. The molecule has 0 unspecified atom stereocenters. The van der Waals surface area contributed by atoms with E-state index >= 15 is 0 Å². The van der Waals surface area contributed by atoms with Crippen molar-refractivity contribution in [2.24, 2.45) is 11.8 Å². The Labute approximate surface area is 179 Å². The Balaban J connectivity index is 1.56. The van der Waals surface area contributed by atoms with Crippen LogP contribution in [-0.4, -0.2) is 29.9 Å². The Morgan fingerprint density at radius 3 is 2.39 bits per heavy atom. The SMILES string of the molecule is CC[C@@H]1CN(C(=O)Nc2cccc(C(F)(F)F)c2)CC[C@H]1CC(=O)Nc1ccccc1. The van der Waals surface area contributed by atoms with Gasteiger partial charge in [0.1, 0.15) is 0 Å². The first-order chi connectivity index (χ1) is 14.8. The Bertz CT molecular complexity index is 902. The minimum atomic E-state index is -4.47. The molecule has 2 aromatic carbocycles. The maximum absolute atomic E-state index is 12.9. The molecule has 1 aliphatic heterocycles. The Hall–Kier alpha value is -3.03. The largest absolute Gasteiger partial charge is 0.416 e. The molecule has 2 atom stereocenters. The van der Waals surface area contributed by atoms with Crippen LogP contribution in [0.1, 0.15) is 31.7 Å². The molecule has 3 rings (SSSR count). The van der Waals surface area contributed by atoms with Crippen molar-refractivity contribution in [1.29, 1.82) is 0 Å². The number of rotatable bonds is 5. The molecule has 1 saturated heterocycles. The normalized spacial score (nSPS) is 19.0. The van der Waals surface area contributed by atoms with E-state index in [2.05, 4.69) is 10.6 Å². The molecule has 2 aromatic rings. The van der Waals surface area contributed by atoms with Gasteiger partial charge < -0.3 is 15.5 Å². The van der Waals surface area contributed by atoms with Crippen LogP contribution in [0.3, 0.4) is 0 Å². The summed E-state index contributed by atoms with van der Waals surface area (Å²) in [6.45, 7) is 2.93. The molecule has 5 nitrogen and oxygen atoms in total. The first-order valence-electron chi connectivity index (χ1n) is 10.3. The third-order valence-corrected chi connectivity index (χ3v) is 5.65. The molecule has 1 fully saturated rings. The summed E-state index contributed by atoms with van der Waals surface area (Å²) in [5.74, 6) is 0.227. The van der Waals surface area contributed by atoms with Gasteiger partial charge in [0.15, 0.2) is 0 Å². The smallest absolute Gasteiger partial charge is 0.326 e. The molecular weight excluding hydrogens is 407 g/mol. The van der Waals surface area contributed by atoms with Crippen molar-refractivity contribution >= 4 is 23.3 Å². The van der Waals surface area contributed by atoms with Crippen LogP contribution in [-0.2, 0) is 11.0 Å². The van der Waals surface area contributed by atoms with Gasteiger partial charge in [-0.15, -0.1) is 0 Å². The molecule has 0 bridgehead atoms. The first-order valence-corrected chi connectivity index (χ1v) is 10.3. The number of amides is 3. The van der Waals surface area contributed by atoms with E-state index in [0.29, 0.717) is 25.9 Å². The van der Waals surface area contributed by atoms with Crippen LogP contribution in [0.4, 0.5) is 29.3 Å². The van der Waals surface area contributed by atoms with E-state index in [1.165, 1.54) is 12.1 Å². The van der Waals surface area contributed by atoms with E-state index in [1.54, 1.807) is 4.90 Å². The van der Waals surface area contributed by atoms with Gasteiger partial charge in [-0.3, -0.25) is 4.79 Å². The Morgan fingerprint density at radius 1 is 1.00 bits per heavy atom. The fourth-order valence-corrected chi connectivity index (χ4v) is 3.94. The number of piperidine rings is 1. The van der Waals surface area contributed by atoms with Crippen molar-refractivity contribution in [1.82, 2.24) is 4.90 Å². The lowest BCUT2D eigenvalue weighted by Crippen LogP contribution is -2.46. The van der Waals surface area contributed by atoms with Gasteiger partial charge in [-0.2, -0.15) is 13.2 Å². The predicted molar refractivity (Wildman–Crippen MR) is 114 cm³/mol. The summed E-state index contributed by atoms with van der Waals surface area (Å²) in [6.07, 6.45) is -2.63. The van der Waals surface area contributed by atoms with Gasteiger partial charge in [0.05, 0.1) is 5.56 Å². The summed E-state index contributed by atoms with van der Waals surface area (Å²) < 4.78 is 38.7. The van der Waals surface area contributed by atoms with E-state index in [-0.39, 0.29) is 23.4 Å². The second-order valence-electron chi connectivity index (χ2n) is 7.79. The third-order valence-electron chi connectivity index (χ3n) is 5.65. The predicted octanol–water partition coefficient (Wildman–Crippen LogP) is 5.61. The summed E-state index contributed by atoms with van der Waals surface area (Å²) in [7, 11) is 0. The fourth-order valence-electron chi connectivity index (χ4n) is 3.94. The molecule has 31 heavy (non-hydrogen) atoms. The molecule has 8 heteroatoms. The van der Waals surface area contributed by atoms with Crippen LogP contribution in [0, 0.1) is 11.8 Å². The monoisotopic (exact) mass is 433 g/mol. The van der Waals surface area contributed by atoms with Crippen molar-refractivity contribution in [3.05, 3.63) is 60.2 Å². The summed E-state index contributed by atoms with van der Waals surface area (Å²) in [4.78, 5) is 26.6. The quantitative estimate of drug-likeness (QED) is 0.643. The lowest BCUT2D eigenvalue weighted by atomic mass is 9.81. The molecule has 0 saturated carbocycles. The van der Waals surface area contributed by atoms with Crippen LogP contribution in [0.25, 0.3) is 0 Å². The number of benzene rings is 2. The number of hydrogen-bond acceptors (Lipinski definition) is 2. The number of carbonyl (C=O) groups excluding carboxylic acids is 2. The van der Waals surface area contributed by atoms with Gasteiger partial charge in [-0.25, -0.2) is 4.79 Å². The molecule has 0 spiro atoms. The number of carbonyl (C=O) groups is 2. The van der Waals surface area contributed by atoms with Crippen LogP contribution in [0.2, 0.25) is 0 Å². The van der Waals surface area contributed by atoms with E-state index in [1.807, 2.05) is 37.3 Å². The zero-order chi connectivity index (χ0) is 22.4. The molecule has 0 aliphatic carbocycles. The summed E-state index contributed by atoms with van der Waals surface area (Å²) in [6, 6.07) is 13.4. The molecule has 0 radical (unpaired) electrons. The molecular formula is C23H26F3N3O2. The van der Waals surface area contributed by atoms with Crippen LogP contribution in [0.5, 0.6) is 0 Å². The van der Waals surface area contributed by atoms with Crippen molar-refractivity contribution < 1.29 is 22.8 Å².